The van der Waals surface area contributed by atoms with Crippen LogP contribution >= 0.6 is 0 Å². The highest BCUT2D eigenvalue weighted by Crippen LogP contribution is 2.18. The lowest BCUT2D eigenvalue weighted by atomic mass is 10.1. The van der Waals surface area contributed by atoms with Gasteiger partial charge in [0.15, 0.2) is 5.65 Å². The van der Waals surface area contributed by atoms with E-state index in [-0.39, 0.29) is 11.7 Å². The topological polar surface area (TPSA) is 76.0 Å². The first-order valence-corrected chi connectivity index (χ1v) is 6.97. The van der Waals surface area contributed by atoms with E-state index in [0.29, 0.717) is 23.6 Å². The lowest BCUT2D eigenvalue weighted by Gasteiger charge is -2.32. The van der Waals surface area contributed by atoms with Crippen LogP contribution in [-0.4, -0.2) is 45.5 Å². The molecule has 0 aliphatic carbocycles. The molecule has 1 aliphatic rings. The van der Waals surface area contributed by atoms with Crippen LogP contribution in [0.15, 0.2) is 11.0 Å². The van der Waals surface area contributed by atoms with Gasteiger partial charge in [-0.05, 0) is 19.8 Å². The molecule has 108 valence electrons. The summed E-state index contributed by atoms with van der Waals surface area (Å²) in [7, 11) is 1.79. The molecule has 2 aromatic heterocycles. The normalized spacial score (nSPS) is 19.7. The lowest BCUT2D eigenvalue weighted by Crippen LogP contribution is -2.41. The Morgan fingerprint density at radius 1 is 1.55 bits per heavy atom. The van der Waals surface area contributed by atoms with Gasteiger partial charge in [0.05, 0.1) is 12.3 Å². The Labute approximate surface area is 116 Å². The first kappa shape index (κ1) is 13.1. The standard InChI is InChI=1S/C13H19N5O2/c1-3-20-9-5-4-6-18(8-9)13-15-11-10(12(19)16-13)7-14-17(11)2/h7,9H,3-6,8H2,1-2H3,(H,15,16,19)/t9-/m0/s1. The Bertz CT molecular complexity index is 660. The Kier molecular flexibility index (Phi) is 3.43. The average molecular weight is 277 g/mol. The zero-order chi connectivity index (χ0) is 14.1. The molecule has 1 saturated heterocycles. The van der Waals surface area contributed by atoms with Crippen molar-refractivity contribution in [1.82, 2.24) is 19.7 Å². The molecule has 7 nitrogen and oxygen atoms in total. The molecular formula is C13H19N5O2. The third-order valence-corrected chi connectivity index (χ3v) is 3.67. The first-order valence-electron chi connectivity index (χ1n) is 6.97. The van der Waals surface area contributed by atoms with E-state index in [1.54, 1.807) is 17.9 Å². The molecule has 0 spiro atoms. The quantitative estimate of drug-likeness (QED) is 0.892. The molecule has 7 heteroatoms. The van der Waals surface area contributed by atoms with Crippen LogP contribution in [0.4, 0.5) is 5.95 Å². The van der Waals surface area contributed by atoms with E-state index in [2.05, 4.69) is 20.0 Å². The third kappa shape index (κ3) is 2.29. The monoisotopic (exact) mass is 277 g/mol. The molecule has 3 rings (SSSR count). The minimum atomic E-state index is -0.142. The van der Waals surface area contributed by atoms with Crippen molar-refractivity contribution in [2.75, 3.05) is 24.6 Å². The molecule has 1 fully saturated rings. The fourth-order valence-corrected chi connectivity index (χ4v) is 2.67. The number of rotatable bonds is 3. The second-order valence-corrected chi connectivity index (χ2v) is 5.06. The van der Waals surface area contributed by atoms with E-state index in [4.69, 9.17) is 4.74 Å². The number of hydrogen-bond acceptors (Lipinski definition) is 5. The minimum Gasteiger partial charge on any atom is -0.377 e. The van der Waals surface area contributed by atoms with Crippen LogP contribution in [0.25, 0.3) is 11.0 Å². The maximum atomic E-state index is 12.1. The molecule has 1 atom stereocenters. The van der Waals surface area contributed by atoms with Gasteiger partial charge in [0.2, 0.25) is 5.95 Å². The number of aryl methyl sites for hydroxylation is 1. The molecule has 0 unspecified atom stereocenters. The molecule has 0 amide bonds. The highest BCUT2D eigenvalue weighted by Gasteiger charge is 2.22. The second-order valence-electron chi connectivity index (χ2n) is 5.06. The van der Waals surface area contributed by atoms with Gasteiger partial charge in [-0.3, -0.25) is 14.5 Å². The van der Waals surface area contributed by atoms with E-state index >= 15 is 0 Å². The van der Waals surface area contributed by atoms with Gasteiger partial charge in [-0.1, -0.05) is 0 Å². The third-order valence-electron chi connectivity index (χ3n) is 3.67. The average Bonchev–Trinajstić information content (AvgIpc) is 2.82. The summed E-state index contributed by atoms with van der Waals surface area (Å²) in [6.45, 7) is 4.36. The Morgan fingerprint density at radius 3 is 3.20 bits per heavy atom. The Hall–Kier alpha value is -1.89. The minimum absolute atomic E-state index is 0.142. The van der Waals surface area contributed by atoms with Crippen molar-refractivity contribution in [3.63, 3.8) is 0 Å². The fraction of sp³-hybridized carbons (Fsp3) is 0.615. The number of ether oxygens (including phenoxy) is 1. The van der Waals surface area contributed by atoms with Crippen LogP contribution in [0, 0.1) is 0 Å². The molecule has 0 aromatic carbocycles. The van der Waals surface area contributed by atoms with Gasteiger partial charge in [-0.25, -0.2) is 0 Å². The summed E-state index contributed by atoms with van der Waals surface area (Å²) in [5.74, 6) is 0.607. The summed E-state index contributed by atoms with van der Waals surface area (Å²) in [5, 5.41) is 4.60. The number of H-pyrrole nitrogens is 1. The maximum Gasteiger partial charge on any atom is 0.263 e. The first-order chi connectivity index (χ1) is 9.69. The zero-order valence-electron chi connectivity index (χ0n) is 11.8. The van der Waals surface area contributed by atoms with Gasteiger partial charge < -0.3 is 9.64 Å². The SMILES string of the molecule is CCO[C@H]1CCCN(c2nc3c(cnn3C)c(=O)[nH]2)C1. The molecule has 3 heterocycles. The summed E-state index contributed by atoms with van der Waals surface area (Å²) in [5.41, 5.74) is 0.471. The van der Waals surface area contributed by atoms with Crippen LogP contribution in [-0.2, 0) is 11.8 Å². The molecule has 0 saturated carbocycles. The number of anilines is 1. The Morgan fingerprint density at radius 2 is 2.40 bits per heavy atom. The van der Waals surface area contributed by atoms with E-state index in [1.165, 1.54) is 0 Å². The van der Waals surface area contributed by atoms with Crippen LogP contribution < -0.4 is 10.5 Å². The van der Waals surface area contributed by atoms with Gasteiger partial charge in [0, 0.05) is 26.7 Å². The van der Waals surface area contributed by atoms with Crippen LogP contribution in [0.3, 0.4) is 0 Å². The number of aromatic amines is 1. The van der Waals surface area contributed by atoms with Crippen LogP contribution in [0.1, 0.15) is 19.8 Å². The van der Waals surface area contributed by atoms with Crippen molar-refractivity contribution >= 4 is 17.0 Å². The van der Waals surface area contributed by atoms with Crippen molar-refractivity contribution < 1.29 is 4.74 Å². The second kappa shape index (κ2) is 5.24. The number of nitrogens with one attached hydrogen (secondary N) is 1. The number of piperidine rings is 1. The summed E-state index contributed by atoms with van der Waals surface area (Å²) in [6, 6.07) is 0. The van der Waals surface area contributed by atoms with E-state index in [1.807, 2.05) is 6.92 Å². The van der Waals surface area contributed by atoms with Crippen LogP contribution in [0.5, 0.6) is 0 Å². The van der Waals surface area contributed by atoms with Gasteiger partial charge in [-0.2, -0.15) is 10.1 Å². The van der Waals surface area contributed by atoms with Crippen LogP contribution in [0.2, 0.25) is 0 Å². The number of aromatic nitrogens is 4. The van der Waals surface area contributed by atoms with Gasteiger partial charge in [0.25, 0.3) is 5.56 Å². The highest BCUT2D eigenvalue weighted by atomic mass is 16.5. The molecule has 20 heavy (non-hydrogen) atoms. The number of nitrogens with zero attached hydrogens (tertiary/aromatic N) is 4. The van der Waals surface area contributed by atoms with Crippen molar-refractivity contribution in [1.29, 1.82) is 0 Å². The molecule has 1 aliphatic heterocycles. The fourth-order valence-electron chi connectivity index (χ4n) is 2.67. The molecule has 1 N–H and O–H groups in total. The van der Waals surface area contributed by atoms with Gasteiger partial charge >= 0.3 is 0 Å². The summed E-state index contributed by atoms with van der Waals surface area (Å²) >= 11 is 0. The smallest absolute Gasteiger partial charge is 0.263 e. The van der Waals surface area contributed by atoms with E-state index in [0.717, 1.165) is 25.9 Å². The molecule has 0 bridgehead atoms. The maximum absolute atomic E-state index is 12.1. The number of fused-ring (bicyclic) bond motifs is 1. The van der Waals surface area contributed by atoms with Gasteiger partial charge in [-0.15, -0.1) is 0 Å². The van der Waals surface area contributed by atoms with Gasteiger partial charge in [0.1, 0.15) is 5.39 Å². The molecule has 2 aromatic rings. The predicted octanol–water partition coefficient (Wildman–Crippen LogP) is 0.662. The van der Waals surface area contributed by atoms with Crippen molar-refractivity contribution in [2.45, 2.75) is 25.9 Å². The van der Waals surface area contributed by atoms with E-state index < -0.39 is 0 Å². The zero-order valence-corrected chi connectivity index (χ0v) is 11.8. The summed E-state index contributed by atoms with van der Waals surface area (Å²) in [4.78, 5) is 21.5. The number of hydrogen-bond donors (Lipinski definition) is 1. The van der Waals surface area contributed by atoms with Crippen molar-refractivity contribution in [2.24, 2.45) is 7.05 Å². The predicted molar refractivity (Wildman–Crippen MR) is 76.0 cm³/mol. The Balaban J connectivity index is 1.93. The molecular weight excluding hydrogens is 258 g/mol. The van der Waals surface area contributed by atoms with Crippen molar-refractivity contribution in [3.05, 3.63) is 16.6 Å². The lowest BCUT2D eigenvalue weighted by molar-refractivity contribution is 0.0523. The largest absolute Gasteiger partial charge is 0.377 e. The molecule has 0 radical (unpaired) electrons. The summed E-state index contributed by atoms with van der Waals surface area (Å²) in [6.07, 6.45) is 3.85. The summed E-state index contributed by atoms with van der Waals surface area (Å²) < 4.78 is 7.31. The van der Waals surface area contributed by atoms with Crippen molar-refractivity contribution in [3.8, 4) is 0 Å². The highest BCUT2D eigenvalue weighted by molar-refractivity contribution is 5.74. The van der Waals surface area contributed by atoms with E-state index in [9.17, 15) is 4.79 Å².